The van der Waals surface area contributed by atoms with Crippen LogP contribution in [0.1, 0.15) is 33.3 Å². The summed E-state index contributed by atoms with van der Waals surface area (Å²) in [7, 11) is 1.60. The number of benzene rings is 1. The number of piperazine rings is 1. The maximum Gasteiger partial charge on any atom is 0.248 e. The summed E-state index contributed by atoms with van der Waals surface area (Å²) >= 11 is 0. The maximum absolute atomic E-state index is 12.7. The maximum atomic E-state index is 12.7. The summed E-state index contributed by atoms with van der Waals surface area (Å²) in [5.74, 6) is 0.463. The van der Waals surface area contributed by atoms with Crippen molar-refractivity contribution in [2.45, 2.75) is 45.3 Å². The minimum atomic E-state index is -0.895. The van der Waals surface area contributed by atoms with E-state index in [2.05, 4.69) is 5.32 Å². The van der Waals surface area contributed by atoms with Crippen LogP contribution in [0, 0.1) is 0 Å². The highest BCUT2D eigenvalue weighted by molar-refractivity contribution is 6.01. The Hall–Kier alpha value is -2.04. The second-order valence-corrected chi connectivity index (χ2v) is 6.34. The Labute approximate surface area is 125 Å². The number of hydrogen-bond donors (Lipinski definition) is 1. The first kappa shape index (κ1) is 15.4. The average molecular weight is 290 g/mol. The van der Waals surface area contributed by atoms with Crippen molar-refractivity contribution in [3.63, 3.8) is 0 Å². The first-order chi connectivity index (χ1) is 9.70. The monoisotopic (exact) mass is 290 g/mol. The Morgan fingerprint density at radius 2 is 1.76 bits per heavy atom. The molecule has 1 aromatic carbocycles. The fourth-order valence-electron chi connectivity index (χ4n) is 2.48. The number of ether oxygens (including phenoxy) is 1. The molecule has 0 aliphatic carbocycles. The molecule has 0 unspecified atom stereocenters. The number of carbonyl (C=O) groups is 2. The second kappa shape index (κ2) is 5.06. The quantitative estimate of drug-likeness (QED) is 0.922. The molecule has 1 N–H and O–H groups in total. The molecule has 21 heavy (non-hydrogen) atoms. The van der Waals surface area contributed by atoms with E-state index in [-0.39, 0.29) is 11.8 Å². The number of nitrogens with zero attached hydrogens (tertiary/aromatic N) is 1. The van der Waals surface area contributed by atoms with Crippen molar-refractivity contribution in [2.24, 2.45) is 0 Å². The molecule has 1 heterocycles. The number of methoxy groups -OCH3 is 1. The molecule has 0 spiro atoms. The fraction of sp³-hybridized carbons (Fsp3) is 0.500. The van der Waals surface area contributed by atoms with Crippen molar-refractivity contribution in [2.75, 3.05) is 7.11 Å². The van der Waals surface area contributed by atoms with Gasteiger partial charge in [-0.15, -0.1) is 0 Å². The summed E-state index contributed by atoms with van der Waals surface area (Å²) in [4.78, 5) is 26.6. The highest BCUT2D eigenvalue weighted by Crippen LogP contribution is 2.30. The van der Waals surface area contributed by atoms with E-state index < -0.39 is 11.1 Å². The lowest BCUT2D eigenvalue weighted by Gasteiger charge is -2.47. The number of amides is 2. The lowest BCUT2D eigenvalue weighted by atomic mass is 9.89. The van der Waals surface area contributed by atoms with Crippen LogP contribution in [0.15, 0.2) is 24.3 Å². The van der Waals surface area contributed by atoms with Crippen molar-refractivity contribution in [1.29, 1.82) is 0 Å². The minimum absolute atomic E-state index is 0.0991. The highest BCUT2D eigenvalue weighted by Gasteiger charge is 2.50. The van der Waals surface area contributed by atoms with E-state index >= 15 is 0 Å². The second-order valence-electron chi connectivity index (χ2n) is 6.34. The molecule has 0 atom stereocenters. The van der Waals surface area contributed by atoms with E-state index in [4.69, 9.17) is 4.74 Å². The summed E-state index contributed by atoms with van der Waals surface area (Å²) in [6, 6.07) is 7.52. The molecule has 5 heteroatoms. The molecule has 1 fully saturated rings. The van der Waals surface area contributed by atoms with Crippen LogP contribution >= 0.6 is 0 Å². The van der Waals surface area contributed by atoms with Crippen LogP contribution < -0.4 is 10.1 Å². The van der Waals surface area contributed by atoms with E-state index in [1.165, 1.54) is 0 Å². The van der Waals surface area contributed by atoms with Crippen molar-refractivity contribution < 1.29 is 14.3 Å². The summed E-state index contributed by atoms with van der Waals surface area (Å²) in [6.07, 6.45) is 0. The van der Waals surface area contributed by atoms with Gasteiger partial charge in [0.2, 0.25) is 11.8 Å². The molecule has 114 valence electrons. The minimum Gasteiger partial charge on any atom is -0.496 e. The van der Waals surface area contributed by atoms with Gasteiger partial charge in [0.25, 0.3) is 0 Å². The van der Waals surface area contributed by atoms with Gasteiger partial charge in [-0.3, -0.25) is 9.59 Å². The summed E-state index contributed by atoms with van der Waals surface area (Å²) in [5, 5.41) is 2.78. The van der Waals surface area contributed by atoms with Crippen LogP contribution in [0.4, 0.5) is 0 Å². The van der Waals surface area contributed by atoms with E-state index in [9.17, 15) is 9.59 Å². The normalized spacial score (nSPS) is 20.1. The molecule has 1 aliphatic rings. The molecule has 2 rings (SSSR count). The molecule has 0 saturated carbocycles. The predicted octanol–water partition coefficient (Wildman–Crippen LogP) is 1.71. The van der Waals surface area contributed by atoms with Crippen LogP contribution in [-0.4, -0.2) is 34.9 Å². The van der Waals surface area contributed by atoms with Gasteiger partial charge in [-0.25, -0.2) is 0 Å². The smallest absolute Gasteiger partial charge is 0.248 e. The van der Waals surface area contributed by atoms with E-state index in [1.807, 2.05) is 24.3 Å². The molecule has 1 aromatic rings. The molecule has 0 bridgehead atoms. The van der Waals surface area contributed by atoms with Gasteiger partial charge in [0.05, 0.1) is 13.7 Å². The third-order valence-electron chi connectivity index (χ3n) is 3.96. The van der Waals surface area contributed by atoms with E-state index in [1.54, 1.807) is 39.7 Å². The van der Waals surface area contributed by atoms with Gasteiger partial charge in [-0.05, 0) is 33.8 Å². The number of hydrogen-bond acceptors (Lipinski definition) is 3. The first-order valence-electron chi connectivity index (χ1n) is 6.96. The fourth-order valence-corrected chi connectivity index (χ4v) is 2.48. The standard InChI is InChI=1S/C16H22N2O3/c1-15(2)14(20)18(16(3,4)13(19)17-15)10-11-8-6-7-9-12(11)21-5/h6-9H,10H2,1-5H3,(H,17,19). The van der Waals surface area contributed by atoms with Crippen molar-refractivity contribution >= 4 is 11.8 Å². The van der Waals surface area contributed by atoms with Crippen LogP contribution in [0.2, 0.25) is 0 Å². The zero-order valence-corrected chi connectivity index (χ0v) is 13.2. The summed E-state index contributed by atoms with van der Waals surface area (Å²) in [5.41, 5.74) is -0.908. The number of para-hydroxylation sites is 1. The summed E-state index contributed by atoms with van der Waals surface area (Å²) < 4.78 is 5.33. The van der Waals surface area contributed by atoms with Gasteiger partial charge < -0.3 is 15.0 Å². The SMILES string of the molecule is COc1ccccc1CN1C(=O)C(C)(C)NC(=O)C1(C)C. The van der Waals surface area contributed by atoms with Gasteiger partial charge in [0, 0.05) is 5.56 Å². The zero-order chi connectivity index (χ0) is 15.8. The Bertz CT molecular complexity index is 579. The topological polar surface area (TPSA) is 58.6 Å². The number of nitrogens with one attached hydrogen (secondary N) is 1. The molecular weight excluding hydrogens is 268 g/mol. The molecule has 1 aliphatic heterocycles. The third-order valence-corrected chi connectivity index (χ3v) is 3.96. The van der Waals surface area contributed by atoms with Gasteiger partial charge in [0.1, 0.15) is 16.8 Å². The number of carbonyl (C=O) groups excluding carboxylic acids is 2. The van der Waals surface area contributed by atoms with Gasteiger partial charge in [-0.2, -0.15) is 0 Å². The van der Waals surface area contributed by atoms with Crippen molar-refractivity contribution in [1.82, 2.24) is 10.2 Å². The zero-order valence-electron chi connectivity index (χ0n) is 13.2. The Morgan fingerprint density at radius 1 is 1.14 bits per heavy atom. The Balaban J connectivity index is 2.39. The summed E-state index contributed by atoms with van der Waals surface area (Å²) in [6.45, 7) is 7.29. The van der Waals surface area contributed by atoms with Crippen LogP contribution in [0.3, 0.4) is 0 Å². The highest BCUT2D eigenvalue weighted by atomic mass is 16.5. The largest absolute Gasteiger partial charge is 0.496 e. The lowest BCUT2D eigenvalue weighted by molar-refractivity contribution is -0.160. The van der Waals surface area contributed by atoms with Gasteiger partial charge in [-0.1, -0.05) is 18.2 Å². The molecular formula is C16H22N2O3. The predicted molar refractivity (Wildman–Crippen MR) is 79.8 cm³/mol. The van der Waals surface area contributed by atoms with Crippen molar-refractivity contribution in [3.05, 3.63) is 29.8 Å². The van der Waals surface area contributed by atoms with Crippen LogP contribution in [0.25, 0.3) is 0 Å². The van der Waals surface area contributed by atoms with Crippen LogP contribution in [-0.2, 0) is 16.1 Å². The Kier molecular flexibility index (Phi) is 3.70. The lowest BCUT2D eigenvalue weighted by Crippen LogP contribution is -2.71. The first-order valence-corrected chi connectivity index (χ1v) is 6.96. The average Bonchev–Trinajstić information content (AvgIpc) is 2.42. The molecule has 0 aromatic heterocycles. The van der Waals surface area contributed by atoms with Crippen LogP contribution in [0.5, 0.6) is 5.75 Å². The molecule has 0 radical (unpaired) electrons. The van der Waals surface area contributed by atoms with E-state index in [0.29, 0.717) is 12.3 Å². The Morgan fingerprint density at radius 3 is 2.38 bits per heavy atom. The number of rotatable bonds is 3. The third kappa shape index (κ3) is 2.60. The molecule has 5 nitrogen and oxygen atoms in total. The van der Waals surface area contributed by atoms with E-state index in [0.717, 1.165) is 5.56 Å². The molecule has 2 amide bonds. The van der Waals surface area contributed by atoms with Gasteiger partial charge >= 0.3 is 0 Å². The van der Waals surface area contributed by atoms with Crippen molar-refractivity contribution in [3.8, 4) is 5.75 Å². The van der Waals surface area contributed by atoms with Gasteiger partial charge in [0.15, 0.2) is 0 Å². The molecule has 1 saturated heterocycles.